The van der Waals surface area contributed by atoms with Gasteiger partial charge in [-0.1, -0.05) is 26.8 Å². The summed E-state index contributed by atoms with van der Waals surface area (Å²) in [6.07, 6.45) is 0. The molecule has 1 aromatic carbocycles. The Bertz CT molecular complexity index is 605. The molecule has 3 nitrogen and oxygen atoms in total. The maximum Gasteiger partial charge on any atom is 0.137 e. The summed E-state index contributed by atoms with van der Waals surface area (Å²) in [5.41, 5.74) is 4.79. The number of ether oxygens (including phenoxy) is 1. The fourth-order valence-electron chi connectivity index (χ4n) is 2.51. The molecule has 1 aromatic heterocycles. The normalized spacial score (nSPS) is 12.3. The minimum atomic E-state index is 0.129. The maximum atomic E-state index is 6.05. The van der Waals surface area contributed by atoms with Gasteiger partial charge < -0.3 is 14.5 Å². The van der Waals surface area contributed by atoms with Crippen LogP contribution < -0.4 is 5.32 Å². The fraction of sp³-hybridized carbons (Fsp3) is 0.529. The molecule has 0 bridgehead atoms. The molecule has 0 spiro atoms. The molecule has 3 heteroatoms. The molecule has 1 heterocycles. The van der Waals surface area contributed by atoms with Crippen LogP contribution in [0.5, 0.6) is 0 Å². The van der Waals surface area contributed by atoms with Crippen LogP contribution in [0.2, 0.25) is 0 Å². The van der Waals surface area contributed by atoms with Crippen LogP contribution in [0.4, 0.5) is 0 Å². The van der Waals surface area contributed by atoms with Crippen molar-refractivity contribution in [2.24, 2.45) is 0 Å². The summed E-state index contributed by atoms with van der Waals surface area (Å²) >= 11 is 0. The highest BCUT2D eigenvalue weighted by atomic mass is 16.5. The minimum absolute atomic E-state index is 0.129. The summed E-state index contributed by atoms with van der Waals surface area (Å²) in [6.45, 7) is 10.1. The van der Waals surface area contributed by atoms with Gasteiger partial charge in [-0.25, -0.2) is 0 Å². The Kier molecular flexibility index (Phi) is 4.21. The van der Waals surface area contributed by atoms with Gasteiger partial charge in [0.1, 0.15) is 11.3 Å². The van der Waals surface area contributed by atoms with Crippen molar-refractivity contribution in [1.29, 1.82) is 0 Å². The van der Waals surface area contributed by atoms with Gasteiger partial charge in [0.15, 0.2) is 0 Å². The van der Waals surface area contributed by atoms with Crippen molar-refractivity contribution in [3.63, 3.8) is 0 Å². The molecule has 0 radical (unpaired) electrons. The van der Waals surface area contributed by atoms with E-state index in [4.69, 9.17) is 9.15 Å². The van der Waals surface area contributed by atoms with Crippen molar-refractivity contribution in [2.45, 2.75) is 46.3 Å². The molecule has 0 saturated heterocycles. The lowest BCUT2D eigenvalue weighted by atomic mass is 9.85. The van der Waals surface area contributed by atoms with E-state index in [0.717, 1.165) is 23.5 Å². The molecule has 0 atom stereocenters. The predicted octanol–water partition coefficient (Wildman–Crippen LogP) is 3.90. The van der Waals surface area contributed by atoms with E-state index in [1.54, 1.807) is 7.11 Å². The molecule has 0 saturated carbocycles. The number of benzene rings is 1. The second-order valence-electron chi connectivity index (χ2n) is 6.39. The highest BCUT2D eigenvalue weighted by Crippen LogP contribution is 2.34. The molecule has 0 amide bonds. The first-order chi connectivity index (χ1) is 9.38. The van der Waals surface area contributed by atoms with Gasteiger partial charge in [0.2, 0.25) is 0 Å². The summed E-state index contributed by atoms with van der Waals surface area (Å²) in [5.74, 6) is 0.971. The van der Waals surface area contributed by atoms with Gasteiger partial charge in [0.25, 0.3) is 0 Å². The van der Waals surface area contributed by atoms with Crippen molar-refractivity contribution >= 4 is 11.0 Å². The highest BCUT2D eigenvalue weighted by molar-refractivity contribution is 5.86. The van der Waals surface area contributed by atoms with E-state index < -0.39 is 0 Å². The summed E-state index contributed by atoms with van der Waals surface area (Å²) in [4.78, 5) is 0. The lowest BCUT2D eigenvalue weighted by Crippen LogP contribution is -2.11. The Hall–Kier alpha value is -1.32. The van der Waals surface area contributed by atoms with Gasteiger partial charge in [-0.2, -0.15) is 0 Å². The first-order valence-corrected chi connectivity index (χ1v) is 7.07. The summed E-state index contributed by atoms with van der Waals surface area (Å²) in [6, 6.07) is 4.48. The topological polar surface area (TPSA) is 34.4 Å². The number of fused-ring (bicyclic) bond motifs is 1. The number of nitrogens with one attached hydrogen (secondary N) is 1. The second-order valence-corrected chi connectivity index (χ2v) is 6.39. The van der Waals surface area contributed by atoms with E-state index >= 15 is 0 Å². The second kappa shape index (κ2) is 5.58. The lowest BCUT2D eigenvalue weighted by Gasteiger charge is -2.19. The quantitative estimate of drug-likeness (QED) is 0.918. The van der Waals surface area contributed by atoms with Gasteiger partial charge in [0.05, 0.1) is 13.2 Å². The Labute approximate surface area is 121 Å². The van der Waals surface area contributed by atoms with Crippen LogP contribution in [-0.4, -0.2) is 14.2 Å². The zero-order valence-corrected chi connectivity index (χ0v) is 13.4. The van der Waals surface area contributed by atoms with E-state index in [9.17, 15) is 0 Å². The van der Waals surface area contributed by atoms with Crippen LogP contribution in [0.25, 0.3) is 11.0 Å². The number of hydrogen-bond acceptors (Lipinski definition) is 3. The van der Waals surface area contributed by atoms with Crippen molar-refractivity contribution in [2.75, 3.05) is 14.2 Å². The molecule has 0 aliphatic rings. The Morgan fingerprint density at radius 2 is 1.95 bits per heavy atom. The van der Waals surface area contributed by atoms with Crippen molar-refractivity contribution in [3.8, 4) is 0 Å². The summed E-state index contributed by atoms with van der Waals surface area (Å²) in [7, 11) is 3.65. The molecule has 0 unspecified atom stereocenters. The van der Waals surface area contributed by atoms with Gasteiger partial charge in [-0.3, -0.25) is 0 Å². The molecule has 110 valence electrons. The van der Waals surface area contributed by atoms with Crippen molar-refractivity contribution < 1.29 is 9.15 Å². The number of methoxy groups -OCH3 is 1. The fourth-order valence-corrected chi connectivity index (χ4v) is 2.51. The van der Waals surface area contributed by atoms with Crippen LogP contribution in [-0.2, 0) is 23.3 Å². The van der Waals surface area contributed by atoms with Gasteiger partial charge in [-0.05, 0) is 36.6 Å². The number of aryl methyl sites for hydroxylation is 1. The molecule has 2 aromatic rings. The van der Waals surface area contributed by atoms with Crippen LogP contribution in [0.3, 0.4) is 0 Å². The van der Waals surface area contributed by atoms with E-state index in [1.165, 1.54) is 16.5 Å². The third-order valence-corrected chi connectivity index (χ3v) is 3.65. The Morgan fingerprint density at radius 3 is 2.50 bits per heavy atom. The molecule has 1 N–H and O–H groups in total. The highest BCUT2D eigenvalue weighted by Gasteiger charge is 2.20. The zero-order chi connectivity index (χ0) is 14.9. The van der Waals surface area contributed by atoms with Crippen molar-refractivity contribution in [1.82, 2.24) is 5.32 Å². The van der Waals surface area contributed by atoms with Gasteiger partial charge >= 0.3 is 0 Å². The monoisotopic (exact) mass is 275 g/mol. The average molecular weight is 275 g/mol. The Balaban J connectivity index is 2.69. The largest absolute Gasteiger partial charge is 0.459 e. The number of hydrogen-bond donors (Lipinski definition) is 1. The standard InChI is InChI=1S/C17H25NO2/c1-11-7-12(17(2,3)4)8-13-14(10-19-6)15(9-18-5)20-16(11)13/h7-8,18H,9-10H2,1-6H3. The number of furan rings is 1. The van der Waals surface area contributed by atoms with E-state index in [0.29, 0.717) is 6.61 Å². The molecular formula is C17H25NO2. The number of rotatable bonds is 4. The van der Waals surface area contributed by atoms with Crippen LogP contribution in [0.1, 0.15) is 43.2 Å². The molecule has 2 rings (SSSR count). The summed E-state index contributed by atoms with van der Waals surface area (Å²) < 4.78 is 11.4. The molecular weight excluding hydrogens is 250 g/mol. The van der Waals surface area contributed by atoms with Crippen LogP contribution in [0.15, 0.2) is 16.5 Å². The first-order valence-electron chi connectivity index (χ1n) is 7.07. The molecule has 0 aliphatic carbocycles. The third-order valence-electron chi connectivity index (χ3n) is 3.65. The minimum Gasteiger partial charge on any atom is -0.459 e. The lowest BCUT2D eigenvalue weighted by molar-refractivity contribution is 0.183. The van der Waals surface area contributed by atoms with E-state index in [1.807, 2.05) is 7.05 Å². The van der Waals surface area contributed by atoms with Gasteiger partial charge in [0, 0.05) is 18.1 Å². The van der Waals surface area contributed by atoms with Gasteiger partial charge in [-0.15, -0.1) is 0 Å². The maximum absolute atomic E-state index is 6.05. The summed E-state index contributed by atoms with van der Waals surface area (Å²) in [5, 5.41) is 4.34. The Morgan fingerprint density at radius 1 is 1.25 bits per heavy atom. The SMILES string of the molecule is CNCc1oc2c(C)cc(C(C)(C)C)cc2c1COC. The molecule has 0 fully saturated rings. The van der Waals surface area contributed by atoms with Crippen molar-refractivity contribution in [3.05, 3.63) is 34.6 Å². The molecule has 0 aliphatic heterocycles. The predicted molar refractivity (Wildman–Crippen MR) is 83.1 cm³/mol. The van der Waals surface area contributed by atoms with Crippen LogP contribution >= 0.6 is 0 Å². The van der Waals surface area contributed by atoms with E-state index in [2.05, 4.69) is 45.1 Å². The smallest absolute Gasteiger partial charge is 0.137 e. The average Bonchev–Trinajstić information content (AvgIpc) is 2.69. The zero-order valence-electron chi connectivity index (χ0n) is 13.4. The third kappa shape index (κ3) is 2.74. The molecule has 20 heavy (non-hydrogen) atoms. The van der Waals surface area contributed by atoms with Crippen LogP contribution in [0, 0.1) is 6.92 Å². The van der Waals surface area contributed by atoms with E-state index in [-0.39, 0.29) is 5.41 Å². The first kappa shape index (κ1) is 15.1.